The van der Waals surface area contributed by atoms with Gasteiger partial charge in [0, 0.05) is 5.54 Å². The highest BCUT2D eigenvalue weighted by atomic mass is 16.5. The number of carbonyl (C=O) groups excluding carboxylic acids is 1. The highest BCUT2D eigenvalue weighted by molar-refractivity contribution is 5.71. The van der Waals surface area contributed by atoms with Crippen molar-refractivity contribution in [3.05, 3.63) is 0 Å². The smallest absolute Gasteiger partial charge is 0.320 e. The number of hydrogen-bond acceptors (Lipinski definition) is 3. The van der Waals surface area contributed by atoms with Gasteiger partial charge < -0.3 is 4.74 Å². The molecule has 3 nitrogen and oxygen atoms in total. The minimum atomic E-state index is -0.118. The Morgan fingerprint density at radius 2 is 1.93 bits per heavy atom. The lowest BCUT2D eigenvalue weighted by atomic mass is 10.0. The maximum atomic E-state index is 11.4. The van der Waals surface area contributed by atoms with E-state index in [-0.39, 0.29) is 11.5 Å². The van der Waals surface area contributed by atoms with Crippen molar-refractivity contribution in [2.24, 2.45) is 0 Å². The van der Waals surface area contributed by atoms with Crippen molar-refractivity contribution < 1.29 is 9.53 Å². The summed E-state index contributed by atoms with van der Waals surface area (Å²) in [4.78, 5) is 13.5. The summed E-state index contributed by atoms with van der Waals surface area (Å²) in [7, 11) is 1.96. The first-order chi connectivity index (χ1) is 6.94. The molecule has 0 unspecified atom stereocenters. The fraction of sp³-hybridized carbons (Fsp3) is 0.917. The standard InChI is InChI=1S/C12H25NO2/c1-6-8-9-15-11(14)10-13(5)12(3,4)7-2/h6-10H2,1-5H3. The van der Waals surface area contributed by atoms with Gasteiger partial charge in [-0.05, 0) is 33.7 Å². The molecular weight excluding hydrogens is 190 g/mol. The zero-order valence-corrected chi connectivity index (χ0v) is 10.8. The molecule has 0 saturated carbocycles. The number of rotatable bonds is 7. The largest absolute Gasteiger partial charge is 0.465 e. The van der Waals surface area contributed by atoms with E-state index in [1.807, 2.05) is 11.9 Å². The first-order valence-electron chi connectivity index (χ1n) is 5.81. The Morgan fingerprint density at radius 3 is 2.40 bits per heavy atom. The summed E-state index contributed by atoms with van der Waals surface area (Å²) < 4.78 is 5.11. The summed E-state index contributed by atoms with van der Waals surface area (Å²) >= 11 is 0. The second kappa shape index (κ2) is 6.83. The van der Waals surface area contributed by atoms with E-state index in [1.165, 1.54) is 0 Å². The van der Waals surface area contributed by atoms with E-state index >= 15 is 0 Å². The van der Waals surface area contributed by atoms with Crippen LogP contribution >= 0.6 is 0 Å². The van der Waals surface area contributed by atoms with E-state index < -0.39 is 0 Å². The van der Waals surface area contributed by atoms with Crippen LogP contribution < -0.4 is 0 Å². The Hall–Kier alpha value is -0.570. The molecule has 0 aliphatic carbocycles. The van der Waals surface area contributed by atoms with Gasteiger partial charge in [0.25, 0.3) is 0 Å². The van der Waals surface area contributed by atoms with Gasteiger partial charge in [0.1, 0.15) is 0 Å². The first-order valence-corrected chi connectivity index (χ1v) is 5.81. The van der Waals surface area contributed by atoms with Crippen molar-refractivity contribution in [2.75, 3.05) is 20.2 Å². The van der Waals surface area contributed by atoms with Crippen molar-refractivity contribution in [1.82, 2.24) is 4.90 Å². The Bertz CT molecular complexity index is 190. The summed E-state index contributed by atoms with van der Waals surface area (Å²) in [5.41, 5.74) is 0.0593. The Morgan fingerprint density at radius 1 is 1.33 bits per heavy atom. The molecule has 3 heteroatoms. The van der Waals surface area contributed by atoms with Crippen molar-refractivity contribution >= 4 is 5.97 Å². The molecule has 0 aromatic heterocycles. The number of nitrogens with zero attached hydrogens (tertiary/aromatic N) is 1. The van der Waals surface area contributed by atoms with Crippen LogP contribution in [-0.4, -0.2) is 36.6 Å². The number of unbranched alkanes of at least 4 members (excludes halogenated alkanes) is 1. The molecule has 0 bridgehead atoms. The van der Waals surface area contributed by atoms with Crippen LogP contribution in [0.4, 0.5) is 0 Å². The van der Waals surface area contributed by atoms with Crippen molar-refractivity contribution in [2.45, 2.75) is 52.5 Å². The topological polar surface area (TPSA) is 29.5 Å². The van der Waals surface area contributed by atoms with Crippen LogP contribution in [0.3, 0.4) is 0 Å². The van der Waals surface area contributed by atoms with Crippen LogP contribution in [0.2, 0.25) is 0 Å². The second-order valence-electron chi connectivity index (χ2n) is 4.60. The molecule has 0 aliphatic heterocycles. The molecule has 0 radical (unpaired) electrons. The molecule has 90 valence electrons. The van der Waals surface area contributed by atoms with Gasteiger partial charge in [-0.2, -0.15) is 0 Å². The molecular formula is C12H25NO2. The van der Waals surface area contributed by atoms with Crippen LogP contribution in [0.15, 0.2) is 0 Å². The molecule has 0 rings (SSSR count). The van der Waals surface area contributed by atoms with Gasteiger partial charge in [-0.3, -0.25) is 9.69 Å². The number of esters is 1. The maximum absolute atomic E-state index is 11.4. The lowest BCUT2D eigenvalue weighted by molar-refractivity contribution is -0.146. The Kier molecular flexibility index (Phi) is 6.57. The predicted octanol–water partition coefficient (Wildman–Crippen LogP) is 2.45. The zero-order chi connectivity index (χ0) is 11.9. The highest BCUT2D eigenvalue weighted by Gasteiger charge is 2.23. The normalized spacial score (nSPS) is 11.9. The van der Waals surface area contributed by atoms with Crippen LogP contribution in [0.5, 0.6) is 0 Å². The van der Waals surface area contributed by atoms with E-state index in [1.54, 1.807) is 0 Å². The maximum Gasteiger partial charge on any atom is 0.320 e. The Balaban J connectivity index is 3.86. The summed E-state index contributed by atoms with van der Waals surface area (Å²) in [5.74, 6) is -0.118. The molecule has 0 fully saturated rings. The molecule has 0 aromatic rings. The third kappa shape index (κ3) is 5.78. The molecule has 0 saturated heterocycles. The van der Waals surface area contributed by atoms with E-state index in [0.717, 1.165) is 19.3 Å². The lowest BCUT2D eigenvalue weighted by Crippen LogP contribution is -2.43. The predicted molar refractivity (Wildman–Crippen MR) is 62.9 cm³/mol. The summed E-state index contributed by atoms with van der Waals surface area (Å²) in [6.07, 6.45) is 3.03. The Labute approximate surface area is 93.8 Å². The number of likely N-dealkylation sites (N-methyl/N-ethyl adjacent to an activating group) is 1. The van der Waals surface area contributed by atoms with Crippen molar-refractivity contribution in [1.29, 1.82) is 0 Å². The van der Waals surface area contributed by atoms with E-state index in [9.17, 15) is 4.79 Å². The molecule has 0 N–H and O–H groups in total. The van der Waals surface area contributed by atoms with Gasteiger partial charge in [-0.25, -0.2) is 0 Å². The molecule has 0 amide bonds. The highest BCUT2D eigenvalue weighted by Crippen LogP contribution is 2.15. The van der Waals surface area contributed by atoms with Gasteiger partial charge in [0.2, 0.25) is 0 Å². The summed E-state index contributed by atoms with van der Waals surface area (Å²) in [6.45, 7) is 9.40. The minimum absolute atomic E-state index is 0.0593. The van der Waals surface area contributed by atoms with Gasteiger partial charge in [-0.15, -0.1) is 0 Å². The van der Waals surface area contributed by atoms with Crippen LogP contribution in [0, 0.1) is 0 Å². The SMILES string of the molecule is CCCCOC(=O)CN(C)C(C)(C)CC. The molecule has 0 aromatic carbocycles. The molecule has 0 atom stereocenters. The fourth-order valence-electron chi connectivity index (χ4n) is 1.05. The third-order valence-electron chi connectivity index (χ3n) is 3.03. The van der Waals surface area contributed by atoms with Crippen LogP contribution in [0.1, 0.15) is 47.0 Å². The lowest BCUT2D eigenvalue weighted by Gasteiger charge is -2.33. The number of ether oxygens (including phenoxy) is 1. The van der Waals surface area contributed by atoms with Crippen molar-refractivity contribution in [3.8, 4) is 0 Å². The first kappa shape index (κ1) is 14.4. The molecule has 0 spiro atoms. The minimum Gasteiger partial charge on any atom is -0.465 e. The van der Waals surface area contributed by atoms with E-state index in [2.05, 4.69) is 27.7 Å². The summed E-state index contributed by atoms with van der Waals surface area (Å²) in [5, 5.41) is 0. The summed E-state index contributed by atoms with van der Waals surface area (Å²) in [6, 6.07) is 0. The molecule has 0 heterocycles. The van der Waals surface area contributed by atoms with Gasteiger partial charge in [-0.1, -0.05) is 20.3 Å². The fourth-order valence-corrected chi connectivity index (χ4v) is 1.05. The average molecular weight is 215 g/mol. The quantitative estimate of drug-likeness (QED) is 0.482. The van der Waals surface area contributed by atoms with Crippen molar-refractivity contribution in [3.63, 3.8) is 0 Å². The number of hydrogen-bond donors (Lipinski definition) is 0. The molecule has 0 aliphatic rings. The van der Waals surface area contributed by atoms with Gasteiger partial charge >= 0.3 is 5.97 Å². The van der Waals surface area contributed by atoms with Crippen LogP contribution in [0.25, 0.3) is 0 Å². The zero-order valence-electron chi connectivity index (χ0n) is 10.8. The molecule has 15 heavy (non-hydrogen) atoms. The monoisotopic (exact) mass is 215 g/mol. The van der Waals surface area contributed by atoms with Crippen LogP contribution in [-0.2, 0) is 9.53 Å². The van der Waals surface area contributed by atoms with Gasteiger partial charge in [0.15, 0.2) is 0 Å². The average Bonchev–Trinajstić information content (AvgIpc) is 2.18. The van der Waals surface area contributed by atoms with E-state index in [4.69, 9.17) is 4.74 Å². The number of carbonyl (C=O) groups is 1. The second-order valence-corrected chi connectivity index (χ2v) is 4.60. The van der Waals surface area contributed by atoms with Gasteiger partial charge in [0.05, 0.1) is 13.2 Å². The van der Waals surface area contributed by atoms with E-state index in [0.29, 0.717) is 13.2 Å². The third-order valence-corrected chi connectivity index (χ3v) is 3.03.